The first-order valence-electron chi connectivity index (χ1n) is 8.89. The Hall–Kier alpha value is -2.74. The summed E-state index contributed by atoms with van der Waals surface area (Å²) in [5.74, 6) is 3.02. The minimum absolute atomic E-state index is 0.289. The third-order valence-electron chi connectivity index (χ3n) is 4.78. The fourth-order valence-corrected chi connectivity index (χ4v) is 3.29. The van der Waals surface area contributed by atoms with Crippen molar-refractivity contribution in [3.05, 3.63) is 29.5 Å². The predicted octanol–water partition coefficient (Wildman–Crippen LogP) is 1.43. The van der Waals surface area contributed by atoms with Crippen molar-refractivity contribution in [2.75, 3.05) is 65.2 Å². The monoisotopic (exact) mass is 373 g/mol. The van der Waals surface area contributed by atoms with Crippen LogP contribution in [0.2, 0.25) is 0 Å². The van der Waals surface area contributed by atoms with Gasteiger partial charge in [0.15, 0.2) is 11.5 Å². The highest BCUT2D eigenvalue weighted by Gasteiger charge is 2.20. The van der Waals surface area contributed by atoms with Crippen molar-refractivity contribution < 1.29 is 14.2 Å². The predicted molar refractivity (Wildman–Crippen MR) is 105 cm³/mol. The summed E-state index contributed by atoms with van der Waals surface area (Å²) in [6, 6.07) is 3.90. The molecule has 1 aliphatic rings. The van der Waals surface area contributed by atoms with Crippen LogP contribution in [-0.4, -0.2) is 69.4 Å². The molecule has 0 atom stereocenters. The third-order valence-corrected chi connectivity index (χ3v) is 4.78. The maximum Gasteiger partial charge on any atom is 0.221 e. The molecule has 2 heterocycles. The van der Waals surface area contributed by atoms with Crippen molar-refractivity contribution in [2.24, 2.45) is 0 Å². The summed E-state index contributed by atoms with van der Waals surface area (Å²) in [5.41, 5.74) is 7.91. The Morgan fingerprint density at radius 1 is 1.00 bits per heavy atom. The molecule has 2 N–H and O–H groups in total. The first-order valence-corrected chi connectivity index (χ1v) is 8.89. The summed E-state index contributed by atoms with van der Waals surface area (Å²) in [6.45, 7) is 3.81. The third kappa shape index (κ3) is 4.16. The number of methoxy groups -OCH3 is 3. The van der Waals surface area contributed by atoms with Gasteiger partial charge in [-0.15, -0.1) is 0 Å². The molecule has 1 aromatic carbocycles. The van der Waals surface area contributed by atoms with Gasteiger partial charge in [-0.1, -0.05) is 0 Å². The van der Waals surface area contributed by atoms with E-state index in [1.165, 1.54) is 0 Å². The van der Waals surface area contributed by atoms with E-state index in [1.807, 2.05) is 12.1 Å². The number of anilines is 2. The molecule has 0 bridgehead atoms. The minimum atomic E-state index is 0.289. The average Bonchev–Trinajstić information content (AvgIpc) is 2.69. The van der Waals surface area contributed by atoms with Crippen molar-refractivity contribution in [3.63, 3.8) is 0 Å². The number of ether oxygens (including phenoxy) is 3. The van der Waals surface area contributed by atoms with Crippen molar-refractivity contribution in [2.45, 2.75) is 6.42 Å². The number of benzene rings is 1. The van der Waals surface area contributed by atoms with E-state index < -0.39 is 0 Å². The van der Waals surface area contributed by atoms with E-state index in [-0.39, 0.29) is 5.95 Å². The summed E-state index contributed by atoms with van der Waals surface area (Å²) < 4.78 is 16.3. The molecule has 1 saturated heterocycles. The van der Waals surface area contributed by atoms with Crippen molar-refractivity contribution >= 4 is 11.8 Å². The van der Waals surface area contributed by atoms with Crippen LogP contribution in [0.4, 0.5) is 11.8 Å². The van der Waals surface area contributed by atoms with E-state index in [1.54, 1.807) is 27.5 Å². The van der Waals surface area contributed by atoms with Crippen LogP contribution in [0.3, 0.4) is 0 Å². The molecule has 0 spiro atoms. The van der Waals surface area contributed by atoms with E-state index in [0.717, 1.165) is 43.1 Å². The molecule has 2 aromatic rings. The normalized spacial score (nSPS) is 14.9. The van der Waals surface area contributed by atoms with Gasteiger partial charge in [0.05, 0.1) is 21.3 Å². The van der Waals surface area contributed by atoms with Crippen LogP contribution in [0.25, 0.3) is 0 Å². The standard InChI is InChI=1S/C19H27N5O3/c1-23-5-7-24(8-6-23)18-14(12-21-19(20)22-18)9-13-10-15(25-2)17(27-4)16(11-13)26-3/h10-12H,5-9H2,1-4H3,(H2,20,21,22). The van der Waals surface area contributed by atoms with Crippen LogP contribution in [0.1, 0.15) is 11.1 Å². The van der Waals surface area contributed by atoms with Crippen LogP contribution in [0.15, 0.2) is 18.3 Å². The molecule has 0 saturated carbocycles. The summed E-state index contributed by atoms with van der Waals surface area (Å²) in [7, 11) is 6.95. The summed E-state index contributed by atoms with van der Waals surface area (Å²) >= 11 is 0. The Labute approximate surface area is 159 Å². The molecule has 0 amide bonds. The van der Waals surface area contributed by atoms with Gasteiger partial charge in [-0.25, -0.2) is 4.98 Å². The van der Waals surface area contributed by atoms with Gasteiger partial charge >= 0.3 is 0 Å². The molecule has 146 valence electrons. The number of hydrogen-bond donors (Lipinski definition) is 1. The van der Waals surface area contributed by atoms with Gasteiger partial charge < -0.3 is 29.7 Å². The van der Waals surface area contributed by atoms with Gasteiger partial charge in [-0.2, -0.15) is 4.98 Å². The first kappa shape index (κ1) is 19.0. The average molecular weight is 373 g/mol. The first-order chi connectivity index (χ1) is 13.0. The molecule has 1 fully saturated rings. The summed E-state index contributed by atoms with van der Waals surface area (Å²) in [4.78, 5) is 13.3. The molecule has 1 aromatic heterocycles. The largest absolute Gasteiger partial charge is 0.493 e. The van der Waals surface area contributed by atoms with Crippen LogP contribution < -0.4 is 24.8 Å². The van der Waals surface area contributed by atoms with Crippen LogP contribution >= 0.6 is 0 Å². The summed E-state index contributed by atoms with van der Waals surface area (Å²) in [6.07, 6.45) is 2.44. The van der Waals surface area contributed by atoms with E-state index in [0.29, 0.717) is 23.7 Å². The lowest BCUT2D eigenvalue weighted by Crippen LogP contribution is -2.45. The lowest BCUT2D eigenvalue weighted by Gasteiger charge is -2.34. The Morgan fingerprint density at radius 2 is 1.63 bits per heavy atom. The Bertz CT molecular complexity index is 766. The van der Waals surface area contributed by atoms with Gasteiger partial charge in [0.25, 0.3) is 0 Å². The zero-order chi connectivity index (χ0) is 19.4. The topological polar surface area (TPSA) is 86.0 Å². The smallest absolute Gasteiger partial charge is 0.221 e. The maximum atomic E-state index is 5.87. The Kier molecular flexibility index (Phi) is 5.85. The van der Waals surface area contributed by atoms with Gasteiger partial charge in [0.1, 0.15) is 5.82 Å². The Morgan fingerprint density at radius 3 is 2.19 bits per heavy atom. The van der Waals surface area contributed by atoms with E-state index in [4.69, 9.17) is 19.9 Å². The highest BCUT2D eigenvalue weighted by molar-refractivity contribution is 5.56. The number of piperazine rings is 1. The fraction of sp³-hybridized carbons (Fsp3) is 0.474. The van der Waals surface area contributed by atoms with Gasteiger partial charge in [-0.05, 0) is 24.7 Å². The van der Waals surface area contributed by atoms with Crippen molar-refractivity contribution in [1.29, 1.82) is 0 Å². The zero-order valence-corrected chi connectivity index (χ0v) is 16.4. The summed E-state index contributed by atoms with van der Waals surface area (Å²) in [5, 5.41) is 0. The molecule has 0 unspecified atom stereocenters. The number of likely N-dealkylation sites (N-methyl/N-ethyl adjacent to an activating group) is 1. The molecule has 1 aliphatic heterocycles. The van der Waals surface area contributed by atoms with Gasteiger partial charge in [0.2, 0.25) is 11.7 Å². The van der Waals surface area contributed by atoms with E-state index >= 15 is 0 Å². The SMILES string of the molecule is COc1cc(Cc2cnc(N)nc2N2CCN(C)CC2)cc(OC)c1OC. The fourth-order valence-electron chi connectivity index (χ4n) is 3.29. The zero-order valence-electron chi connectivity index (χ0n) is 16.4. The number of rotatable bonds is 6. The molecule has 8 nitrogen and oxygen atoms in total. The number of nitrogen functional groups attached to an aromatic ring is 1. The second kappa shape index (κ2) is 8.30. The van der Waals surface area contributed by atoms with Crippen LogP contribution in [-0.2, 0) is 6.42 Å². The highest BCUT2D eigenvalue weighted by atomic mass is 16.5. The molecular formula is C19H27N5O3. The molecule has 27 heavy (non-hydrogen) atoms. The minimum Gasteiger partial charge on any atom is -0.493 e. The maximum absolute atomic E-state index is 5.87. The molecule has 0 aliphatic carbocycles. The molecule has 0 radical (unpaired) electrons. The van der Waals surface area contributed by atoms with Crippen LogP contribution in [0.5, 0.6) is 17.2 Å². The number of nitrogens with two attached hydrogens (primary N) is 1. The molecular weight excluding hydrogens is 346 g/mol. The molecule has 3 rings (SSSR count). The number of nitrogens with zero attached hydrogens (tertiary/aromatic N) is 4. The van der Waals surface area contributed by atoms with Gasteiger partial charge in [-0.3, -0.25) is 0 Å². The quantitative estimate of drug-likeness (QED) is 0.814. The Balaban J connectivity index is 1.94. The highest BCUT2D eigenvalue weighted by Crippen LogP contribution is 2.39. The van der Waals surface area contributed by atoms with E-state index in [2.05, 4.69) is 26.8 Å². The van der Waals surface area contributed by atoms with Crippen LogP contribution in [0, 0.1) is 0 Å². The van der Waals surface area contributed by atoms with Crippen molar-refractivity contribution in [1.82, 2.24) is 14.9 Å². The lowest BCUT2D eigenvalue weighted by atomic mass is 10.0. The number of hydrogen-bond acceptors (Lipinski definition) is 8. The number of aromatic nitrogens is 2. The molecule has 8 heteroatoms. The lowest BCUT2D eigenvalue weighted by molar-refractivity contribution is 0.312. The van der Waals surface area contributed by atoms with Gasteiger partial charge in [0, 0.05) is 44.4 Å². The van der Waals surface area contributed by atoms with Crippen molar-refractivity contribution in [3.8, 4) is 17.2 Å². The second-order valence-electron chi connectivity index (χ2n) is 6.58. The van der Waals surface area contributed by atoms with E-state index in [9.17, 15) is 0 Å². The second-order valence-corrected chi connectivity index (χ2v) is 6.58.